The summed E-state index contributed by atoms with van der Waals surface area (Å²) in [6.45, 7) is -1.80. The van der Waals surface area contributed by atoms with Crippen LogP contribution >= 0.6 is 15.9 Å². The summed E-state index contributed by atoms with van der Waals surface area (Å²) in [5.74, 6) is 1.06. The van der Waals surface area contributed by atoms with Gasteiger partial charge in [0.1, 0.15) is 5.76 Å². The Labute approximate surface area is 129 Å². The Morgan fingerprint density at radius 3 is 2.76 bits per heavy atom. The van der Waals surface area contributed by atoms with E-state index in [1.54, 1.807) is 18.4 Å². The van der Waals surface area contributed by atoms with Crippen molar-refractivity contribution in [2.24, 2.45) is 0 Å². The highest BCUT2D eigenvalue weighted by Crippen LogP contribution is 2.37. The van der Waals surface area contributed by atoms with Crippen LogP contribution in [0.1, 0.15) is 11.3 Å². The minimum absolute atomic E-state index is 0.0118. The molecule has 1 aromatic carbocycles. The average molecular weight is 362 g/mol. The van der Waals surface area contributed by atoms with E-state index < -0.39 is 6.61 Å². The lowest BCUT2D eigenvalue weighted by Crippen LogP contribution is -2.12. The highest BCUT2D eigenvalue weighted by molar-refractivity contribution is 9.10. The summed E-state index contributed by atoms with van der Waals surface area (Å²) in [5.41, 5.74) is 0.867. The predicted molar refractivity (Wildman–Crippen MR) is 76.6 cm³/mol. The van der Waals surface area contributed by atoms with Crippen molar-refractivity contribution in [2.45, 2.75) is 19.7 Å². The van der Waals surface area contributed by atoms with E-state index in [1.165, 1.54) is 7.11 Å². The molecule has 0 saturated heterocycles. The normalized spacial score (nSPS) is 10.9. The molecule has 0 radical (unpaired) electrons. The van der Waals surface area contributed by atoms with Gasteiger partial charge < -0.3 is 19.2 Å². The number of nitrogens with one attached hydrogen (secondary N) is 1. The molecule has 0 bridgehead atoms. The van der Waals surface area contributed by atoms with E-state index in [0.717, 1.165) is 11.3 Å². The molecular weight excluding hydrogens is 348 g/mol. The monoisotopic (exact) mass is 361 g/mol. The second-order valence-corrected chi connectivity index (χ2v) is 5.02. The van der Waals surface area contributed by atoms with Gasteiger partial charge in [-0.15, -0.1) is 0 Å². The Balaban J connectivity index is 2.04. The first-order valence-corrected chi connectivity index (χ1v) is 6.93. The van der Waals surface area contributed by atoms with Gasteiger partial charge >= 0.3 is 6.61 Å². The lowest BCUT2D eigenvalue weighted by atomic mass is 10.2. The molecule has 0 aliphatic carbocycles. The molecule has 0 atom stereocenters. The lowest BCUT2D eigenvalue weighted by molar-refractivity contribution is -0.0517. The van der Waals surface area contributed by atoms with Crippen LogP contribution in [0.15, 0.2) is 39.4 Å². The van der Waals surface area contributed by atoms with E-state index in [4.69, 9.17) is 9.15 Å². The van der Waals surface area contributed by atoms with Gasteiger partial charge in [-0.05, 0) is 45.8 Å². The van der Waals surface area contributed by atoms with E-state index in [-0.39, 0.29) is 11.5 Å². The van der Waals surface area contributed by atoms with Crippen LogP contribution in [0, 0.1) is 0 Å². The Morgan fingerprint density at radius 1 is 1.33 bits per heavy atom. The zero-order chi connectivity index (χ0) is 15.2. The summed E-state index contributed by atoms with van der Waals surface area (Å²) in [5, 5.41) is 3.18. The van der Waals surface area contributed by atoms with E-state index >= 15 is 0 Å². The number of halogens is 3. The maximum absolute atomic E-state index is 12.4. The smallest absolute Gasteiger partial charge is 0.387 e. The fourth-order valence-electron chi connectivity index (χ4n) is 1.82. The Hall–Kier alpha value is -1.60. The number of rotatable bonds is 7. The van der Waals surface area contributed by atoms with Crippen LogP contribution in [0.4, 0.5) is 8.78 Å². The van der Waals surface area contributed by atoms with Gasteiger partial charge in [0.25, 0.3) is 0 Å². The van der Waals surface area contributed by atoms with E-state index in [1.807, 2.05) is 12.1 Å². The van der Waals surface area contributed by atoms with Gasteiger partial charge in [0, 0.05) is 6.54 Å². The number of furan rings is 1. The third-order valence-corrected chi connectivity index (χ3v) is 3.29. The summed E-state index contributed by atoms with van der Waals surface area (Å²) < 4.78 is 39.9. The molecule has 0 unspecified atom stereocenters. The van der Waals surface area contributed by atoms with Crippen LogP contribution in [0.25, 0.3) is 0 Å². The largest absolute Gasteiger partial charge is 0.493 e. The van der Waals surface area contributed by atoms with E-state index in [9.17, 15) is 8.78 Å². The van der Waals surface area contributed by atoms with Crippen LogP contribution in [0.2, 0.25) is 0 Å². The minimum atomic E-state index is -2.90. The highest BCUT2D eigenvalue weighted by atomic mass is 79.9. The third kappa shape index (κ3) is 4.44. The average Bonchev–Trinajstić information content (AvgIpc) is 2.94. The van der Waals surface area contributed by atoms with Crippen LogP contribution in [-0.4, -0.2) is 13.7 Å². The maximum Gasteiger partial charge on any atom is 0.387 e. The molecule has 21 heavy (non-hydrogen) atoms. The van der Waals surface area contributed by atoms with Crippen LogP contribution in [0.5, 0.6) is 11.5 Å². The number of alkyl halides is 2. The Bertz CT molecular complexity index is 576. The molecule has 0 spiro atoms. The summed E-state index contributed by atoms with van der Waals surface area (Å²) >= 11 is 3.21. The minimum Gasteiger partial charge on any atom is -0.493 e. The van der Waals surface area contributed by atoms with E-state index in [0.29, 0.717) is 17.6 Å². The fourth-order valence-corrected chi connectivity index (χ4v) is 2.40. The molecule has 7 heteroatoms. The molecular formula is C14H14BrF2NO3. The molecule has 1 N–H and O–H groups in total. The summed E-state index contributed by atoms with van der Waals surface area (Å²) in [6, 6.07) is 7.03. The number of ether oxygens (including phenoxy) is 2. The first-order chi connectivity index (χ1) is 10.1. The number of methoxy groups -OCH3 is 1. The van der Waals surface area contributed by atoms with Gasteiger partial charge in [-0.1, -0.05) is 0 Å². The maximum atomic E-state index is 12.4. The Morgan fingerprint density at radius 2 is 2.14 bits per heavy atom. The van der Waals surface area contributed by atoms with Crippen molar-refractivity contribution in [3.05, 3.63) is 46.3 Å². The quantitative estimate of drug-likeness (QED) is 0.810. The van der Waals surface area contributed by atoms with Crippen LogP contribution in [-0.2, 0) is 13.1 Å². The van der Waals surface area contributed by atoms with Gasteiger partial charge in [-0.2, -0.15) is 8.78 Å². The zero-order valence-electron chi connectivity index (χ0n) is 11.2. The summed E-state index contributed by atoms with van der Waals surface area (Å²) in [4.78, 5) is 0. The molecule has 1 aromatic heterocycles. The molecule has 0 aliphatic heterocycles. The molecule has 0 saturated carbocycles. The van der Waals surface area contributed by atoms with Gasteiger partial charge in [-0.25, -0.2) is 0 Å². The first-order valence-electron chi connectivity index (χ1n) is 6.14. The molecule has 0 fully saturated rings. The fraction of sp³-hybridized carbons (Fsp3) is 0.286. The number of benzene rings is 1. The summed E-state index contributed by atoms with van der Waals surface area (Å²) in [6.07, 6.45) is 1.60. The molecule has 114 valence electrons. The number of hydrogen-bond acceptors (Lipinski definition) is 4. The van der Waals surface area contributed by atoms with Crippen molar-refractivity contribution in [3.63, 3.8) is 0 Å². The lowest BCUT2D eigenvalue weighted by Gasteiger charge is -2.14. The second-order valence-electron chi connectivity index (χ2n) is 4.17. The van der Waals surface area contributed by atoms with Crippen molar-refractivity contribution in [1.82, 2.24) is 5.32 Å². The van der Waals surface area contributed by atoms with Crippen molar-refractivity contribution in [2.75, 3.05) is 7.11 Å². The Kier molecular flexibility index (Phi) is 5.58. The molecule has 2 aromatic rings. The standard InChI is InChI=1S/C14H14BrF2NO3/c1-19-12-6-9(5-11(15)13(12)21-14(16)17)7-18-8-10-3-2-4-20-10/h2-6,14,18H,7-8H2,1H3. The van der Waals surface area contributed by atoms with Crippen molar-refractivity contribution < 1.29 is 22.7 Å². The van der Waals surface area contributed by atoms with Crippen LogP contribution in [0.3, 0.4) is 0 Å². The molecule has 0 amide bonds. The van der Waals surface area contributed by atoms with Gasteiger partial charge in [0.05, 0.1) is 24.4 Å². The van der Waals surface area contributed by atoms with Gasteiger partial charge in [-0.3, -0.25) is 0 Å². The predicted octanol–water partition coefficient (Wildman–Crippen LogP) is 3.94. The highest BCUT2D eigenvalue weighted by Gasteiger charge is 2.15. The van der Waals surface area contributed by atoms with Crippen LogP contribution < -0.4 is 14.8 Å². The number of hydrogen-bond donors (Lipinski definition) is 1. The first kappa shape index (κ1) is 15.8. The third-order valence-electron chi connectivity index (χ3n) is 2.70. The summed E-state index contributed by atoms with van der Waals surface area (Å²) in [7, 11) is 1.40. The molecule has 4 nitrogen and oxygen atoms in total. The second kappa shape index (κ2) is 7.42. The topological polar surface area (TPSA) is 43.6 Å². The molecule has 2 rings (SSSR count). The van der Waals surface area contributed by atoms with Gasteiger partial charge in [0.15, 0.2) is 11.5 Å². The van der Waals surface area contributed by atoms with Crippen molar-refractivity contribution in [3.8, 4) is 11.5 Å². The SMILES string of the molecule is COc1cc(CNCc2ccco2)cc(Br)c1OC(F)F. The molecule has 1 heterocycles. The van der Waals surface area contributed by atoms with Crippen molar-refractivity contribution >= 4 is 15.9 Å². The van der Waals surface area contributed by atoms with E-state index in [2.05, 4.69) is 26.0 Å². The van der Waals surface area contributed by atoms with Gasteiger partial charge in [0.2, 0.25) is 0 Å². The molecule has 0 aliphatic rings. The zero-order valence-corrected chi connectivity index (χ0v) is 12.8. The van der Waals surface area contributed by atoms with Crippen molar-refractivity contribution in [1.29, 1.82) is 0 Å².